The molecule has 0 bridgehead atoms. The lowest BCUT2D eigenvalue weighted by molar-refractivity contribution is -0.163. The zero-order valence-corrected chi connectivity index (χ0v) is 23.6. The number of methoxy groups -OCH3 is 1. The molecule has 44 heavy (non-hydrogen) atoms. The van der Waals surface area contributed by atoms with E-state index in [9.17, 15) is 39.0 Å². The molecule has 0 aliphatic carbocycles. The second kappa shape index (κ2) is 15.7. The van der Waals surface area contributed by atoms with Crippen molar-refractivity contribution in [3.8, 4) is 11.5 Å². The first kappa shape index (κ1) is 34.8. The molecule has 0 radical (unpaired) electrons. The van der Waals surface area contributed by atoms with Crippen LogP contribution in [0.1, 0.15) is 37.7 Å². The molecular weight excluding hydrogens is 588 g/mol. The highest BCUT2D eigenvalue weighted by molar-refractivity contribution is 6.07. The fourth-order valence-electron chi connectivity index (χ4n) is 3.94. The van der Waals surface area contributed by atoms with Crippen LogP contribution >= 0.6 is 0 Å². The predicted octanol–water partition coefficient (Wildman–Crippen LogP) is -2.28. The summed E-state index contributed by atoms with van der Waals surface area (Å²) in [6, 6.07) is 1.82. The molecule has 18 nitrogen and oxygen atoms in total. The van der Waals surface area contributed by atoms with Crippen LogP contribution in [0.2, 0.25) is 0 Å². The summed E-state index contributed by atoms with van der Waals surface area (Å²) in [7, 11) is 1.33. The molecule has 3 atom stereocenters. The number of nitrogens with zero attached hydrogens (tertiary/aromatic N) is 1. The third-order valence-corrected chi connectivity index (χ3v) is 6.20. The van der Waals surface area contributed by atoms with E-state index in [2.05, 4.69) is 15.6 Å². The van der Waals surface area contributed by atoms with Gasteiger partial charge in [0.2, 0.25) is 11.8 Å². The summed E-state index contributed by atoms with van der Waals surface area (Å²) in [5, 5.41) is 45.0. The van der Waals surface area contributed by atoms with Crippen LogP contribution in [0.15, 0.2) is 28.9 Å². The first-order valence-electron chi connectivity index (χ1n) is 13.0. The topological polar surface area (TPSA) is 302 Å². The second-order valence-electron chi connectivity index (χ2n) is 9.60. The van der Waals surface area contributed by atoms with Crippen LogP contribution in [-0.4, -0.2) is 100.0 Å². The number of guanidine groups is 1. The average molecular weight is 623 g/mol. The average Bonchev–Trinajstić information content (AvgIpc) is 2.92. The van der Waals surface area contributed by atoms with E-state index in [4.69, 9.17) is 31.2 Å². The van der Waals surface area contributed by atoms with Gasteiger partial charge in [-0.1, -0.05) is 6.07 Å². The number of hydrogen-bond donors (Lipinski definition) is 9. The Morgan fingerprint density at radius 3 is 2.45 bits per heavy atom. The van der Waals surface area contributed by atoms with E-state index in [1.54, 1.807) is 6.07 Å². The summed E-state index contributed by atoms with van der Waals surface area (Å²) >= 11 is 0. The Bertz CT molecular complexity index is 1340. The van der Waals surface area contributed by atoms with Crippen LogP contribution in [0.3, 0.4) is 0 Å². The number of amides is 3. The van der Waals surface area contributed by atoms with E-state index in [0.29, 0.717) is 18.4 Å². The van der Waals surface area contributed by atoms with Crippen LogP contribution in [0, 0.1) is 0 Å². The van der Waals surface area contributed by atoms with Crippen LogP contribution < -0.4 is 36.9 Å². The minimum atomic E-state index is -2.70. The van der Waals surface area contributed by atoms with Crippen molar-refractivity contribution in [3.63, 3.8) is 0 Å². The Morgan fingerprint density at radius 2 is 1.86 bits per heavy atom. The van der Waals surface area contributed by atoms with Crippen molar-refractivity contribution in [2.24, 2.45) is 16.5 Å². The Kier molecular flexibility index (Phi) is 12.4. The summed E-state index contributed by atoms with van der Waals surface area (Å²) in [6.45, 7) is -0.183. The Morgan fingerprint density at radius 1 is 1.16 bits per heavy atom. The SMILES string of the molecule is COc1ccc(/C=C2\NC(=O)[C@H](CCCN=C(N)N)NC2=O)cc1OCC[C@](O)(CC(=O)N[C@@H](CC(=O)O)C(=O)O)C(=O)O. The maximum Gasteiger partial charge on any atom is 0.336 e. The Labute approximate surface area is 250 Å². The van der Waals surface area contributed by atoms with E-state index >= 15 is 0 Å². The van der Waals surface area contributed by atoms with Gasteiger partial charge in [-0.2, -0.15) is 0 Å². The molecule has 1 aromatic rings. The highest BCUT2D eigenvalue weighted by Crippen LogP contribution is 2.30. The largest absolute Gasteiger partial charge is 0.493 e. The monoisotopic (exact) mass is 622 g/mol. The van der Waals surface area contributed by atoms with Gasteiger partial charge in [0.05, 0.1) is 26.6 Å². The Hall–Kier alpha value is -5.39. The van der Waals surface area contributed by atoms with E-state index < -0.39 is 79.2 Å². The van der Waals surface area contributed by atoms with Crippen molar-refractivity contribution in [2.75, 3.05) is 20.3 Å². The van der Waals surface area contributed by atoms with Gasteiger partial charge in [0.15, 0.2) is 23.1 Å². The lowest BCUT2D eigenvalue weighted by Crippen LogP contribution is -2.54. The first-order chi connectivity index (χ1) is 20.6. The molecule has 1 aliphatic heterocycles. The molecular formula is C26H34N6O12. The quantitative estimate of drug-likeness (QED) is 0.0383. The van der Waals surface area contributed by atoms with Gasteiger partial charge in [0.1, 0.15) is 17.8 Å². The standard InChI is InChI=1S/C26H34N6O12/c1-43-17-5-4-13(9-15-22(37)31-14(21(36)32-15)3-2-7-29-25(27)28)10-18(17)44-8-6-26(42,24(40)41)12-19(33)30-16(23(38)39)11-20(34)35/h4-5,9-10,14,16,42H,2-3,6-8,11-12H2,1H3,(H,30,33)(H,31,37)(H,32,36)(H,34,35)(H,38,39)(H,40,41)(H4,27,28,29)/b15-9-/t14-,16-,26-/m0/s1. The number of piperazine rings is 1. The molecule has 0 spiro atoms. The van der Waals surface area contributed by atoms with Crippen molar-refractivity contribution < 1.29 is 58.7 Å². The summed E-state index contributed by atoms with van der Waals surface area (Å²) in [5.74, 6) is -7.01. The van der Waals surface area contributed by atoms with Crippen LogP contribution in [-0.2, 0) is 28.8 Å². The summed E-state index contributed by atoms with van der Waals surface area (Å²) < 4.78 is 10.8. The van der Waals surface area contributed by atoms with Crippen molar-refractivity contribution >= 4 is 47.7 Å². The lowest BCUT2D eigenvalue weighted by Gasteiger charge is -2.25. The van der Waals surface area contributed by atoms with Crippen LogP contribution in [0.25, 0.3) is 6.08 Å². The first-order valence-corrected chi connectivity index (χ1v) is 13.0. The molecule has 0 aromatic heterocycles. The van der Waals surface area contributed by atoms with Gasteiger partial charge >= 0.3 is 17.9 Å². The third kappa shape index (κ3) is 10.5. The number of aliphatic imine (C=N–C) groups is 1. The number of carboxylic acids is 3. The fourth-order valence-corrected chi connectivity index (χ4v) is 3.94. The molecule has 0 saturated carbocycles. The normalized spacial score (nSPS) is 17.3. The zero-order valence-electron chi connectivity index (χ0n) is 23.6. The van der Waals surface area contributed by atoms with E-state index in [1.807, 2.05) is 5.32 Å². The molecule has 1 fully saturated rings. The summed E-state index contributed by atoms with van der Waals surface area (Å²) in [6.07, 6.45) is -0.594. The maximum atomic E-state index is 12.6. The molecule has 1 saturated heterocycles. The molecule has 1 aliphatic rings. The van der Waals surface area contributed by atoms with Crippen LogP contribution in [0.4, 0.5) is 0 Å². The number of rotatable bonds is 17. The number of ether oxygens (including phenoxy) is 2. The van der Waals surface area contributed by atoms with Crippen molar-refractivity contribution in [3.05, 3.63) is 29.5 Å². The lowest BCUT2D eigenvalue weighted by atomic mass is 9.95. The third-order valence-electron chi connectivity index (χ3n) is 6.20. The highest BCUT2D eigenvalue weighted by atomic mass is 16.5. The van der Waals surface area contributed by atoms with Gasteiger partial charge in [-0.25, -0.2) is 9.59 Å². The number of carbonyl (C=O) groups is 6. The summed E-state index contributed by atoms with van der Waals surface area (Å²) in [5.41, 5.74) is 8.15. The van der Waals surface area contributed by atoms with Gasteiger partial charge in [0, 0.05) is 13.0 Å². The van der Waals surface area contributed by atoms with Gasteiger partial charge in [-0.05, 0) is 36.6 Å². The van der Waals surface area contributed by atoms with E-state index in [0.717, 1.165) is 0 Å². The molecule has 1 heterocycles. The van der Waals surface area contributed by atoms with Crippen molar-refractivity contribution in [2.45, 2.75) is 49.8 Å². The predicted molar refractivity (Wildman–Crippen MR) is 150 cm³/mol. The number of hydrogen-bond acceptors (Lipinski definition) is 10. The van der Waals surface area contributed by atoms with E-state index in [1.165, 1.54) is 25.3 Å². The number of carboxylic acid groups (broad SMARTS) is 3. The maximum absolute atomic E-state index is 12.6. The number of aliphatic hydroxyl groups is 1. The van der Waals surface area contributed by atoms with Crippen molar-refractivity contribution in [1.82, 2.24) is 16.0 Å². The van der Waals surface area contributed by atoms with Crippen LogP contribution in [0.5, 0.6) is 11.5 Å². The molecule has 3 amide bonds. The van der Waals surface area contributed by atoms with Gasteiger partial charge in [0.25, 0.3) is 5.91 Å². The smallest absolute Gasteiger partial charge is 0.336 e. The molecule has 0 unspecified atom stereocenters. The van der Waals surface area contributed by atoms with Gasteiger partial charge < -0.3 is 57.3 Å². The fraction of sp³-hybridized carbons (Fsp3) is 0.423. The number of carbonyl (C=O) groups excluding carboxylic acids is 3. The Balaban J connectivity index is 2.09. The minimum absolute atomic E-state index is 0.0552. The second-order valence-corrected chi connectivity index (χ2v) is 9.60. The van der Waals surface area contributed by atoms with Gasteiger partial charge in [-0.15, -0.1) is 0 Å². The highest BCUT2D eigenvalue weighted by Gasteiger charge is 2.39. The zero-order chi connectivity index (χ0) is 33.0. The molecule has 11 N–H and O–H groups in total. The number of nitrogens with one attached hydrogen (secondary N) is 3. The van der Waals surface area contributed by atoms with Crippen molar-refractivity contribution in [1.29, 1.82) is 0 Å². The number of benzene rings is 1. The minimum Gasteiger partial charge on any atom is -0.493 e. The number of nitrogens with two attached hydrogens (primary N) is 2. The van der Waals surface area contributed by atoms with E-state index in [-0.39, 0.29) is 29.7 Å². The molecule has 1 aromatic carbocycles. The molecule has 18 heteroatoms. The summed E-state index contributed by atoms with van der Waals surface area (Å²) in [4.78, 5) is 74.9. The van der Waals surface area contributed by atoms with Gasteiger partial charge in [-0.3, -0.25) is 24.2 Å². The number of aliphatic carboxylic acids is 3. The molecule has 240 valence electrons. The molecule has 2 rings (SSSR count).